The Morgan fingerprint density at radius 2 is 1.83 bits per heavy atom. The molecule has 5 nitrogen and oxygen atoms in total. The third-order valence-corrected chi connectivity index (χ3v) is 5.04. The number of rotatable bonds is 6. The fourth-order valence-electron chi connectivity index (χ4n) is 2.60. The SMILES string of the molecule is O=S(=O)(Cc1cccc2cccnc12)NCCc1cccc(O)c1. The van der Waals surface area contributed by atoms with Crippen molar-refractivity contribution >= 4 is 20.9 Å². The van der Waals surface area contributed by atoms with Crippen LogP contribution in [0.1, 0.15) is 11.1 Å². The van der Waals surface area contributed by atoms with Gasteiger partial charge in [0, 0.05) is 18.1 Å². The molecule has 0 spiro atoms. The van der Waals surface area contributed by atoms with Crippen molar-refractivity contribution in [3.63, 3.8) is 0 Å². The second-order valence-corrected chi connectivity index (χ2v) is 7.37. The summed E-state index contributed by atoms with van der Waals surface area (Å²) < 4.78 is 27.2. The quantitative estimate of drug-likeness (QED) is 0.722. The standard InChI is InChI=1S/C18H18N2O3S/c21-17-8-1-4-14(12-17)9-11-20-24(22,23)13-16-6-2-5-15-7-3-10-19-18(15)16/h1-8,10,12,20-21H,9,11,13H2. The third kappa shape index (κ3) is 4.10. The van der Waals surface area contributed by atoms with E-state index in [0.717, 1.165) is 10.9 Å². The number of aromatic hydroxyl groups is 1. The zero-order chi connectivity index (χ0) is 17.0. The maximum atomic E-state index is 12.3. The van der Waals surface area contributed by atoms with E-state index in [0.29, 0.717) is 17.5 Å². The fraction of sp³-hybridized carbons (Fsp3) is 0.167. The summed E-state index contributed by atoms with van der Waals surface area (Å²) in [4.78, 5) is 4.28. The van der Waals surface area contributed by atoms with Crippen molar-refractivity contribution < 1.29 is 13.5 Å². The van der Waals surface area contributed by atoms with Gasteiger partial charge in [0.1, 0.15) is 5.75 Å². The Labute approximate surface area is 141 Å². The van der Waals surface area contributed by atoms with E-state index in [4.69, 9.17) is 0 Å². The number of phenols is 1. The molecule has 0 saturated heterocycles. The molecule has 0 unspecified atom stereocenters. The van der Waals surface area contributed by atoms with Crippen molar-refractivity contribution in [2.24, 2.45) is 0 Å². The number of phenolic OH excluding ortho intramolecular Hbond substituents is 1. The number of benzene rings is 2. The van der Waals surface area contributed by atoms with Gasteiger partial charge in [0.15, 0.2) is 0 Å². The molecule has 124 valence electrons. The molecule has 1 aromatic heterocycles. The normalized spacial score (nSPS) is 11.7. The lowest BCUT2D eigenvalue weighted by atomic mass is 10.1. The van der Waals surface area contributed by atoms with Crippen LogP contribution in [-0.2, 0) is 22.2 Å². The molecule has 24 heavy (non-hydrogen) atoms. The maximum Gasteiger partial charge on any atom is 0.215 e. The molecule has 0 aliphatic heterocycles. The lowest BCUT2D eigenvalue weighted by Crippen LogP contribution is -2.27. The molecule has 3 rings (SSSR count). The minimum absolute atomic E-state index is 0.110. The smallest absolute Gasteiger partial charge is 0.215 e. The van der Waals surface area contributed by atoms with E-state index in [-0.39, 0.29) is 18.0 Å². The Morgan fingerprint density at radius 3 is 2.67 bits per heavy atom. The summed E-state index contributed by atoms with van der Waals surface area (Å²) in [5.74, 6) is 0.0682. The molecule has 0 bridgehead atoms. The molecule has 0 fully saturated rings. The highest BCUT2D eigenvalue weighted by atomic mass is 32.2. The van der Waals surface area contributed by atoms with Crippen LogP contribution in [0.4, 0.5) is 0 Å². The molecule has 3 aromatic rings. The summed E-state index contributed by atoms with van der Waals surface area (Å²) in [5, 5.41) is 10.3. The zero-order valence-corrected chi connectivity index (χ0v) is 13.8. The summed E-state index contributed by atoms with van der Waals surface area (Å²) in [6.45, 7) is 0.282. The van der Waals surface area contributed by atoms with Crippen LogP contribution in [0.5, 0.6) is 5.75 Å². The largest absolute Gasteiger partial charge is 0.508 e. The van der Waals surface area contributed by atoms with Gasteiger partial charge >= 0.3 is 0 Å². The van der Waals surface area contributed by atoms with Crippen molar-refractivity contribution in [1.29, 1.82) is 0 Å². The fourth-order valence-corrected chi connectivity index (χ4v) is 3.76. The third-order valence-electron chi connectivity index (χ3n) is 3.71. The first-order valence-corrected chi connectivity index (χ1v) is 9.27. The second-order valence-electron chi connectivity index (χ2n) is 5.57. The van der Waals surface area contributed by atoms with Crippen LogP contribution >= 0.6 is 0 Å². The van der Waals surface area contributed by atoms with Crippen molar-refractivity contribution in [3.8, 4) is 5.75 Å². The molecule has 0 saturated carbocycles. The van der Waals surface area contributed by atoms with Gasteiger partial charge in [-0.1, -0.05) is 36.4 Å². The van der Waals surface area contributed by atoms with Gasteiger partial charge in [-0.2, -0.15) is 0 Å². The Kier molecular flexibility index (Phi) is 4.78. The van der Waals surface area contributed by atoms with Gasteiger partial charge in [0.25, 0.3) is 0 Å². The first-order valence-electron chi connectivity index (χ1n) is 7.61. The molecule has 2 aromatic carbocycles. The molecule has 0 atom stereocenters. The van der Waals surface area contributed by atoms with Crippen LogP contribution in [0, 0.1) is 0 Å². The highest BCUT2D eigenvalue weighted by Gasteiger charge is 2.13. The average Bonchev–Trinajstić information content (AvgIpc) is 2.55. The number of hydrogen-bond donors (Lipinski definition) is 2. The van der Waals surface area contributed by atoms with Crippen LogP contribution in [0.3, 0.4) is 0 Å². The number of pyridine rings is 1. The highest BCUT2D eigenvalue weighted by Crippen LogP contribution is 2.18. The summed E-state index contributed by atoms with van der Waals surface area (Å²) in [7, 11) is -3.46. The number of fused-ring (bicyclic) bond motifs is 1. The number of aromatic nitrogens is 1. The van der Waals surface area contributed by atoms with E-state index in [1.807, 2.05) is 30.3 Å². The number of nitrogens with one attached hydrogen (secondary N) is 1. The number of para-hydroxylation sites is 1. The Morgan fingerprint density at radius 1 is 1.04 bits per heavy atom. The monoisotopic (exact) mass is 342 g/mol. The van der Waals surface area contributed by atoms with Crippen molar-refractivity contribution in [3.05, 3.63) is 71.9 Å². The van der Waals surface area contributed by atoms with Crippen LogP contribution in [0.15, 0.2) is 60.8 Å². The van der Waals surface area contributed by atoms with Gasteiger partial charge in [0.05, 0.1) is 11.3 Å². The summed E-state index contributed by atoms with van der Waals surface area (Å²) in [6, 6.07) is 16.1. The zero-order valence-electron chi connectivity index (χ0n) is 13.0. The van der Waals surface area contributed by atoms with Crippen LogP contribution in [0.25, 0.3) is 10.9 Å². The van der Waals surface area contributed by atoms with Crippen molar-refractivity contribution in [2.45, 2.75) is 12.2 Å². The van der Waals surface area contributed by atoms with Crippen LogP contribution < -0.4 is 4.72 Å². The molecular formula is C18H18N2O3S. The van der Waals surface area contributed by atoms with Crippen molar-refractivity contribution in [1.82, 2.24) is 9.71 Å². The van der Waals surface area contributed by atoms with E-state index in [1.165, 1.54) is 0 Å². The molecule has 0 aliphatic rings. The predicted molar refractivity (Wildman–Crippen MR) is 94.2 cm³/mol. The topological polar surface area (TPSA) is 79.3 Å². The first kappa shape index (κ1) is 16.4. The van der Waals surface area contributed by atoms with Crippen LogP contribution in [0.2, 0.25) is 0 Å². The molecule has 1 heterocycles. The van der Waals surface area contributed by atoms with Gasteiger partial charge in [-0.15, -0.1) is 0 Å². The molecule has 0 aliphatic carbocycles. The van der Waals surface area contributed by atoms with E-state index in [2.05, 4.69) is 9.71 Å². The van der Waals surface area contributed by atoms with Gasteiger partial charge in [-0.3, -0.25) is 4.98 Å². The Hall–Kier alpha value is -2.44. The number of sulfonamides is 1. The van der Waals surface area contributed by atoms with E-state index in [1.54, 1.807) is 30.5 Å². The van der Waals surface area contributed by atoms with Crippen molar-refractivity contribution in [2.75, 3.05) is 6.54 Å². The van der Waals surface area contributed by atoms with Gasteiger partial charge in [0.2, 0.25) is 10.0 Å². The lowest BCUT2D eigenvalue weighted by Gasteiger charge is -2.09. The summed E-state index contributed by atoms with van der Waals surface area (Å²) in [5.41, 5.74) is 2.26. The minimum Gasteiger partial charge on any atom is -0.508 e. The molecule has 6 heteroatoms. The summed E-state index contributed by atoms with van der Waals surface area (Å²) >= 11 is 0. The lowest BCUT2D eigenvalue weighted by molar-refractivity contribution is 0.474. The molecule has 0 radical (unpaired) electrons. The van der Waals surface area contributed by atoms with Gasteiger partial charge in [-0.25, -0.2) is 13.1 Å². The van der Waals surface area contributed by atoms with E-state index in [9.17, 15) is 13.5 Å². The number of nitrogens with zero attached hydrogens (tertiary/aromatic N) is 1. The predicted octanol–water partition coefficient (Wildman–Crippen LogP) is 2.60. The Bertz CT molecular complexity index is 950. The van der Waals surface area contributed by atoms with E-state index < -0.39 is 10.0 Å². The second kappa shape index (κ2) is 6.98. The van der Waals surface area contributed by atoms with Gasteiger partial charge in [-0.05, 0) is 35.7 Å². The average molecular weight is 342 g/mol. The van der Waals surface area contributed by atoms with E-state index >= 15 is 0 Å². The molecular weight excluding hydrogens is 324 g/mol. The summed E-state index contributed by atoms with van der Waals surface area (Å²) in [6.07, 6.45) is 2.18. The number of hydrogen-bond acceptors (Lipinski definition) is 4. The maximum absolute atomic E-state index is 12.3. The first-order chi connectivity index (χ1) is 11.5. The van der Waals surface area contributed by atoms with Crippen LogP contribution in [-0.4, -0.2) is 25.1 Å². The molecule has 0 amide bonds. The highest BCUT2D eigenvalue weighted by molar-refractivity contribution is 7.88. The molecule has 2 N–H and O–H groups in total. The Balaban J connectivity index is 1.67. The minimum atomic E-state index is -3.46. The van der Waals surface area contributed by atoms with Gasteiger partial charge < -0.3 is 5.11 Å².